The predicted molar refractivity (Wildman–Crippen MR) is 73.8 cm³/mol. The summed E-state index contributed by atoms with van der Waals surface area (Å²) in [6.45, 7) is 0.184. The van der Waals surface area contributed by atoms with Crippen molar-refractivity contribution in [3.63, 3.8) is 0 Å². The molecule has 1 heterocycles. The van der Waals surface area contributed by atoms with E-state index in [2.05, 4.69) is 10.9 Å². The Balaban J connectivity index is 1.81. The first kappa shape index (κ1) is 13.0. The number of thioether (sulfide) groups is 1. The van der Waals surface area contributed by atoms with E-state index in [-0.39, 0.29) is 18.5 Å². The third-order valence-electron chi connectivity index (χ3n) is 2.32. The Morgan fingerprint density at radius 3 is 2.72 bits per heavy atom. The fourth-order valence-corrected chi connectivity index (χ4v) is 2.46. The van der Waals surface area contributed by atoms with Crippen LogP contribution in [0.2, 0.25) is 0 Å². The van der Waals surface area contributed by atoms with Gasteiger partial charge in [-0.25, -0.2) is 5.43 Å². The lowest BCUT2D eigenvalue weighted by molar-refractivity contribution is -0.124. The Morgan fingerprint density at radius 2 is 2.11 bits per heavy atom. The lowest BCUT2D eigenvalue weighted by atomic mass is 10.2. The summed E-state index contributed by atoms with van der Waals surface area (Å²) in [5.41, 5.74) is 5.76. The van der Waals surface area contributed by atoms with Gasteiger partial charge in [0.25, 0.3) is 5.91 Å². The van der Waals surface area contributed by atoms with Gasteiger partial charge in [0, 0.05) is 5.56 Å². The smallest absolute Gasteiger partial charge is 0.265 e. The van der Waals surface area contributed by atoms with Gasteiger partial charge in [-0.3, -0.25) is 19.9 Å². The number of benzene rings is 1. The number of rotatable bonds is 4. The molecule has 5 nitrogen and oxygen atoms in total. The van der Waals surface area contributed by atoms with Crippen LogP contribution in [0, 0.1) is 0 Å². The molecule has 18 heavy (non-hydrogen) atoms. The largest absolute Gasteiger partial charge is 0.286 e. The molecule has 0 spiro atoms. The highest BCUT2D eigenvalue weighted by Crippen LogP contribution is 2.17. The molecule has 1 aromatic carbocycles. The molecule has 2 amide bonds. The molecule has 0 unspecified atom stereocenters. The minimum Gasteiger partial charge on any atom is -0.286 e. The molecule has 0 saturated carbocycles. The van der Waals surface area contributed by atoms with Crippen LogP contribution in [0.25, 0.3) is 0 Å². The predicted octanol–water partition coefficient (Wildman–Crippen LogP) is 0.739. The number of nitrogens with one attached hydrogen (secondary N) is 2. The van der Waals surface area contributed by atoms with Crippen molar-refractivity contribution in [2.24, 2.45) is 0 Å². The second-order valence-corrected chi connectivity index (χ2v) is 5.14. The molecular weight excluding hydrogens is 270 g/mol. The number of hydrazine groups is 1. The van der Waals surface area contributed by atoms with E-state index in [0.717, 1.165) is 0 Å². The third-order valence-corrected chi connectivity index (χ3v) is 3.75. The summed E-state index contributed by atoms with van der Waals surface area (Å²) in [5.74, 6) is 0.0694. The molecule has 0 atom stereocenters. The normalized spacial score (nSPS) is 15.0. The average Bonchev–Trinajstić information content (AvgIpc) is 2.71. The van der Waals surface area contributed by atoms with E-state index >= 15 is 0 Å². The Kier molecular flexibility index (Phi) is 4.29. The summed E-state index contributed by atoms with van der Waals surface area (Å²) < 4.78 is 0.529. The molecule has 94 valence electrons. The van der Waals surface area contributed by atoms with E-state index in [9.17, 15) is 9.59 Å². The average molecular weight is 281 g/mol. The molecule has 0 radical (unpaired) electrons. The molecule has 1 saturated heterocycles. The quantitative estimate of drug-likeness (QED) is 0.629. The first-order chi connectivity index (χ1) is 8.68. The highest BCUT2D eigenvalue weighted by molar-refractivity contribution is 8.23. The Bertz CT molecular complexity index is 462. The summed E-state index contributed by atoms with van der Waals surface area (Å²) in [7, 11) is 0. The van der Waals surface area contributed by atoms with Gasteiger partial charge in [0.1, 0.15) is 4.32 Å². The van der Waals surface area contributed by atoms with Crippen LogP contribution in [0.5, 0.6) is 0 Å². The molecule has 0 bridgehead atoms. The Labute approximate surface area is 114 Å². The van der Waals surface area contributed by atoms with Crippen molar-refractivity contribution >= 4 is 40.1 Å². The molecular formula is C11H11N3O2S2. The van der Waals surface area contributed by atoms with Crippen molar-refractivity contribution in [1.82, 2.24) is 15.8 Å². The van der Waals surface area contributed by atoms with Gasteiger partial charge >= 0.3 is 0 Å². The maximum atomic E-state index is 11.7. The van der Waals surface area contributed by atoms with Gasteiger partial charge < -0.3 is 0 Å². The van der Waals surface area contributed by atoms with Crippen molar-refractivity contribution in [3.05, 3.63) is 35.9 Å². The van der Waals surface area contributed by atoms with Crippen LogP contribution in [0.3, 0.4) is 0 Å². The second-order valence-electron chi connectivity index (χ2n) is 3.53. The van der Waals surface area contributed by atoms with Crippen molar-refractivity contribution < 1.29 is 9.59 Å². The first-order valence-corrected chi connectivity index (χ1v) is 6.63. The standard InChI is InChI=1S/C11H11N3O2S2/c15-9-6-18-11(17)14(9)7-12-13-10(16)8-4-2-1-3-5-8/h1-5,12H,6-7H2,(H,13,16). The highest BCUT2D eigenvalue weighted by Gasteiger charge is 2.25. The van der Waals surface area contributed by atoms with Gasteiger partial charge in [-0.05, 0) is 12.1 Å². The minimum absolute atomic E-state index is 0.0496. The molecule has 2 N–H and O–H groups in total. The van der Waals surface area contributed by atoms with Gasteiger partial charge in [0.05, 0.1) is 12.4 Å². The van der Waals surface area contributed by atoms with E-state index in [1.165, 1.54) is 16.7 Å². The maximum Gasteiger partial charge on any atom is 0.265 e. The SMILES string of the molecule is O=C(NNCN1C(=O)CSC1=S)c1ccccc1. The van der Waals surface area contributed by atoms with E-state index in [1.807, 2.05) is 6.07 Å². The fraction of sp³-hybridized carbons (Fsp3) is 0.182. The number of amides is 2. The molecule has 7 heteroatoms. The fourth-order valence-electron chi connectivity index (χ4n) is 1.39. The van der Waals surface area contributed by atoms with Crippen molar-refractivity contribution in [2.45, 2.75) is 0 Å². The van der Waals surface area contributed by atoms with Crippen LogP contribution >= 0.6 is 24.0 Å². The molecule has 2 rings (SSSR count). The van der Waals surface area contributed by atoms with Crippen LogP contribution in [-0.4, -0.2) is 33.5 Å². The van der Waals surface area contributed by atoms with E-state index in [0.29, 0.717) is 15.6 Å². The minimum atomic E-state index is -0.249. The summed E-state index contributed by atoms with van der Waals surface area (Å²) >= 11 is 6.33. The number of thiocarbonyl (C=S) groups is 1. The van der Waals surface area contributed by atoms with Crippen molar-refractivity contribution in [3.8, 4) is 0 Å². The first-order valence-electron chi connectivity index (χ1n) is 5.24. The van der Waals surface area contributed by atoms with Gasteiger partial charge in [-0.15, -0.1) is 0 Å². The Hall–Kier alpha value is -1.44. The summed E-state index contributed by atoms with van der Waals surface area (Å²) in [6.07, 6.45) is 0. The van der Waals surface area contributed by atoms with E-state index in [4.69, 9.17) is 12.2 Å². The summed E-state index contributed by atoms with van der Waals surface area (Å²) in [4.78, 5) is 24.5. The molecule has 1 aromatic rings. The van der Waals surface area contributed by atoms with Crippen molar-refractivity contribution in [2.75, 3.05) is 12.4 Å². The summed E-state index contributed by atoms with van der Waals surface area (Å²) in [5, 5.41) is 0. The van der Waals surface area contributed by atoms with E-state index < -0.39 is 0 Å². The van der Waals surface area contributed by atoms with Crippen LogP contribution in [0.4, 0.5) is 0 Å². The van der Waals surface area contributed by atoms with Gasteiger partial charge in [-0.2, -0.15) is 0 Å². The number of hydrogen-bond acceptors (Lipinski definition) is 5. The number of carbonyl (C=O) groups is 2. The molecule has 0 aliphatic carbocycles. The second kappa shape index (κ2) is 5.94. The van der Waals surface area contributed by atoms with Crippen LogP contribution in [0.15, 0.2) is 30.3 Å². The third kappa shape index (κ3) is 3.06. The molecule has 1 fully saturated rings. The topological polar surface area (TPSA) is 61.4 Å². The van der Waals surface area contributed by atoms with Crippen LogP contribution in [0.1, 0.15) is 10.4 Å². The zero-order valence-electron chi connectivity index (χ0n) is 9.38. The van der Waals surface area contributed by atoms with Crippen LogP contribution < -0.4 is 10.9 Å². The van der Waals surface area contributed by atoms with Gasteiger partial charge in [-0.1, -0.05) is 42.2 Å². The van der Waals surface area contributed by atoms with E-state index in [1.54, 1.807) is 24.3 Å². The molecule has 1 aliphatic rings. The van der Waals surface area contributed by atoms with Gasteiger partial charge in [0.2, 0.25) is 5.91 Å². The number of nitrogens with zero attached hydrogens (tertiary/aromatic N) is 1. The lowest BCUT2D eigenvalue weighted by Crippen LogP contribution is -2.46. The highest BCUT2D eigenvalue weighted by atomic mass is 32.2. The molecule has 0 aromatic heterocycles. The molecule has 1 aliphatic heterocycles. The maximum absolute atomic E-state index is 11.7. The van der Waals surface area contributed by atoms with Gasteiger partial charge in [0.15, 0.2) is 0 Å². The monoisotopic (exact) mass is 281 g/mol. The van der Waals surface area contributed by atoms with Crippen molar-refractivity contribution in [1.29, 1.82) is 0 Å². The van der Waals surface area contributed by atoms with Crippen LogP contribution in [-0.2, 0) is 4.79 Å². The zero-order chi connectivity index (χ0) is 13.0. The zero-order valence-corrected chi connectivity index (χ0v) is 11.0. The number of carbonyl (C=O) groups excluding carboxylic acids is 2. The lowest BCUT2D eigenvalue weighted by Gasteiger charge is -2.16. The Morgan fingerprint density at radius 1 is 1.39 bits per heavy atom. The number of hydrogen-bond donors (Lipinski definition) is 2. The summed E-state index contributed by atoms with van der Waals surface area (Å²) in [6, 6.07) is 8.81.